The van der Waals surface area contributed by atoms with Gasteiger partial charge < -0.3 is 15.1 Å². The zero-order valence-corrected chi connectivity index (χ0v) is 16.5. The highest BCUT2D eigenvalue weighted by Crippen LogP contribution is 2.26. The number of hydrogen-bond acceptors (Lipinski definition) is 4. The van der Waals surface area contributed by atoms with Gasteiger partial charge in [0.15, 0.2) is 0 Å². The van der Waals surface area contributed by atoms with Crippen LogP contribution in [0.15, 0.2) is 24.3 Å². The second kappa shape index (κ2) is 9.04. The Hall–Kier alpha value is -1.63. The van der Waals surface area contributed by atoms with Gasteiger partial charge >= 0.3 is 0 Å². The molecule has 1 unspecified atom stereocenters. The van der Waals surface area contributed by atoms with Gasteiger partial charge in [-0.25, -0.2) is 0 Å². The smallest absolute Gasteiger partial charge is 0.241 e. The maximum Gasteiger partial charge on any atom is 0.241 e. The Morgan fingerprint density at radius 1 is 1.04 bits per heavy atom. The molecule has 148 valence electrons. The van der Waals surface area contributed by atoms with Crippen molar-refractivity contribution in [2.75, 3.05) is 50.7 Å². The SMILES string of the molecule is Cl.O=C(C1CCCN1)N1CCN(CC(=O)N2CCCc3ccccc32)CC1. The average Bonchev–Trinajstić information content (AvgIpc) is 3.22. The maximum absolute atomic E-state index is 12.8. The summed E-state index contributed by atoms with van der Waals surface area (Å²) in [6.07, 6.45) is 4.11. The second-order valence-electron chi connectivity index (χ2n) is 7.53. The Kier molecular flexibility index (Phi) is 6.73. The van der Waals surface area contributed by atoms with E-state index in [9.17, 15) is 9.59 Å². The predicted octanol–water partition coefficient (Wildman–Crippen LogP) is 1.28. The lowest BCUT2D eigenvalue weighted by molar-refractivity contribution is -0.135. The van der Waals surface area contributed by atoms with Crippen molar-refractivity contribution < 1.29 is 9.59 Å². The van der Waals surface area contributed by atoms with Gasteiger partial charge in [0, 0.05) is 38.4 Å². The van der Waals surface area contributed by atoms with Crippen LogP contribution in [0.3, 0.4) is 0 Å². The van der Waals surface area contributed by atoms with Crippen LogP contribution >= 0.6 is 12.4 Å². The number of para-hydroxylation sites is 1. The van der Waals surface area contributed by atoms with Crippen LogP contribution in [0.2, 0.25) is 0 Å². The van der Waals surface area contributed by atoms with E-state index in [0.29, 0.717) is 6.54 Å². The summed E-state index contributed by atoms with van der Waals surface area (Å²) in [7, 11) is 0. The highest BCUT2D eigenvalue weighted by molar-refractivity contribution is 5.96. The number of amides is 2. The number of carbonyl (C=O) groups excluding carboxylic acids is 2. The van der Waals surface area contributed by atoms with Gasteiger partial charge in [0.2, 0.25) is 11.8 Å². The zero-order valence-electron chi connectivity index (χ0n) is 15.7. The number of nitrogens with zero attached hydrogens (tertiary/aromatic N) is 3. The van der Waals surface area contributed by atoms with Crippen LogP contribution in [0.1, 0.15) is 24.8 Å². The molecule has 0 aliphatic carbocycles. The fourth-order valence-corrected chi connectivity index (χ4v) is 4.31. The van der Waals surface area contributed by atoms with Crippen LogP contribution in [-0.4, -0.2) is 73.5 Å². The van der Waals surface area contributed by atoms with Gasteiger partial charge in [0.05, 0.1) is 12.6 Å². The van der Waals surface area contributed by atoms with Crippen molar-refractivity contribution >= 4 is 29.9 Å². The molecule has 2 fully saturated rings. The number of aryl methyl sites for hydroxylation is 1. The quantitative estimate of drug-likeness (QED) is 0.842. The molecule has 3 aliphatic heterocycles. The molecule has 1 atom stereocenters. The summed E-state index contributed by atoms with van der Waals surface area (Å²) in [6.45, 7) is 5.20. The molecular weight excluding hydrogens is 364 g/mol. The molecule has 1 aromatic rings. The van der Waals surface area contributed by atoms with Crippen LogP contribution in [0.4, 0.5) is 5.69 Å². The minimum absolute atomic E-state index is 0. The highest BCUT2D eigenvalue weighted by Gasteiger charge is 2.30. The molecule has 2 saturated heterocycles. The van der Waals surface area contributed by atoms with Crippen LogP contribution in [0.25, 0.3) is 0 Å². The first kappa shape index (κ1) is 20.1. The molecule has 0 radical (unpaired) electrons. The summed E-state index contributed by atoms with van der Waals surface area (Å²) in [5, 5.41) is 3.28. The summed E-state index contributed by atoms with van der Waals surface area (Å²) in [5.41, 5.74) is 2.34. The molecule has 27 heavy (non-hydrogen) atoms. The van der Waals surface area contributed by atoms with Crippen molar-refractivity contribution in [3.05, 3.63) is 29.8 Å². The van der Waals surface area contributed by atoms with Gasteiger partial charge in [-0.05, 0) is 43.9 Å². The van der Waals surface area contributed by atoms with E-state index in [4.69, 9.17) is 0 Å². The molecule has 0 saturated carbocycles. The Balaban J connectivity index is 0.00000210. The number of rotatable bonds is 3. The van der Waals surface area contributed by atoms with Crippen molar-refractivity contribution in [3.63, 3.8) is 0 Å². The fraction of sp³-hybridized carbons (Fsp3) is 0.600. The summed E-state index contributed by atoms with van der Waals surface area (Å²) in [5.74, 6) is 0.410. The molecule has 1 N–H and O–H groups in total. The number of anilines is 1. The first-order chi connectivity index (χ1) is 12.7. The third-order valence-electron chi connectivity index (χ3n) is 5.81. The third-order valence-corrected chi connectivity index (χ3v) is 5.81. The standard InChI is InChI=1S/C20H28N4O2.ClH/c25-19(24-10-4-6-16-5-1-2-8-18(16)24)15-22-11-13-23(14-12-22)20(26)17-7-3-9-21-17;/h1-2,5,8,17,21H,3-4,6-7,9-15H2;1H. The maximum atomic E-state index is 12.8. The van der Waals surface area contributed by atoms with Gasteiger partial charge in [-0.1, -0.05) is 18.2 Å². The van der Waals surface area contributed by atoms with Crippen molar-refractivity contribution in [3.8, 4) is 0 Å². The van der Waals surface area contributed by atoms with E-state index in [-0.39, 0.29) is 30.3 Å². The van der Waals surface area contributed by atoms with Crippen molar-refractivity contribution in [2.45, 2.75) is 31.7 Å². The lowest BCUT2D eigenvalue weighted by Gasteiger charge is -2.37. The van der Waals surface area contributed by atoms with E-state index in [1.165, 1.54) is 5.56 Å². The van der Waals surface area contributed by atoms with Gasteiger partial charge in [-0.3, -0.25) is 14.5 Å². The van der Waals surface area contributed by atoms with Gasteiger partial charge in [0.25, 0.3) is 0 Å². The molecule has 0 bridgehead atoms. The van der Waals surface area contributed by atoms with Gasteiger partial charge in [-0.15, -0.1) is 12.4 Å². The Morgan fingerprint density at radius 2 is 1.81 bits per heavy atom. The van der Waals surface area contributed by atoms with Crippen LogP contribution in [-0.2, 0) is 16.0 Å². The van der Waals surface area contributed by atoms with E-state index in [0.717, 1.165) is 70.6 Å². The monoisotopic (exact) mass is 392 g/mol. The Morgan fingerprint density at radius 3 is 2.56 bits per heavy atom. The van der Waals surface area contributed by atoms with E-state index in [1.807, 2.05) is 21.9 Å². The molecule has 0 spiro atoms. The van der Waals surface area contributed by atoms with Gasteiger partial charge in [0.1, 0.15) is 0 Å². The minimum atomic E-state index is 0. The predicted molar refractivity (Wildman–Crippen MR) is 108 cm³/mol. The Labute approximate surface area is 167 Å². The molecule has 2 amide bonds. The summed E-state index contributed by atoms with van der Waals surface area (Å²) < 4.78 is 0. The largest absolute Gasteiger partial charge is 0.339 e. The third kappa shape index (κ3) is 4.45. The molecule has 3 aliphatic rings. The van der Waals surface area contributed by atoms with Gasteiger partial charge in [-0.2, -0.15) is 0 Å². The highest BCUT2D eigenvalue weighted by atomic mass is 35.5. The van der Waals surface area contributed by atoms with Crippen molar-refractivity contribution in [2.24, 2.45) is 0 Å². The van der Waals surface area contributed by atoms with E-state index < -0.39 is 0 Å². The van der Waals surface area contributed by atoms with E-state index in [1.54, 1.807) is 0 Å². The molecule has 3 heterocycles. The summed E-state index contributed by atoms with van der Waals surface area (Å²) in [6, 6.07) is 8.23. The molecular formula is C20H29ClN4O2. The minimum Gasteiger partial charge on any atom is -0.339 e. The topological polar surface area (TPSA) is 55.9 Å². The number of benzene rings is 1. The lowest BCUT2D eigenvalue weighted by atomic mass is 10.0. The van der Waals surface area contributed by atoms with Crippen LogP contribution in [0, 0.1) is 0 Å². The summed E-state index contributed by atoms with van der Waals surface area (Å²) in [4.78, 5) is 31.4. The molecule has 0 aromatic heterocycles. The molecule has 1 aromatic carbocycles. The van der Waals surface area contributed by atoms with Crippen LogP contribution in [0.5, 0.6) is 0 Å². The number of hydrogen-bond donors (Lipinski definition) is 1. The first-order valence-corrected chi connectivity index (χ1v) is 9.85. The zero-order chi connectivity index (χ0) is 17.9. The molecule has 7 heteroatoms. The molecule has 6 nitrogen and oxygen atoms in total. The van der Waals surface area contributed by atoms with E-state index in [2.05, 4.69) is 22.3 Å². The fourth-order valence-electron chi connectivity index (χ4n) is 4.31. The second-order valence-corrected chi connectivity index (χ2v) is 7.53. The molecule has 4 rings (SSSR count). The van der Waals surface area contributed by atoms with Crippen molar-refractivity contribution in [1.82, 2.24) is 15.1 Å². The Bertz CT molecular complexity index is 670. The van der Waals surface area contributed by atoms with E-state index >= 15 is 0 Å². The number of halogens is 1. The first-order valence-electron chi connectivity index (χ1n) is 9.85. The number of fused-ring (bicyclic) bond motifs is 1. The number of piperazine rings is 1. The number of nitrogens with one attached hydrogen (secondary N) is 1. The van der Waals surface area contributed by atoms with Crippen molar-refractivity contribution in [1.29, 1.82) is 0 Å². The normalized spacial score (nSPS) is 22.9. The average molecular weight is 393 g/mol. The van der Waals surface area contributed by atoms with Crippen LogP contribution < -0.4 is 10.2 Å². The number of carbonyl (C=O) groups is 2. The summed E-state index contributed by atoms with van der Waals surface area (Å²) >= 11 is 0. The lowest BCUT2D eigenvalue weighted by Crippen LogP contribution is -2.54.